The van der Waals surface area contributed by atoms with Gasteiger partial charge in [-0.1, -0.05) is 23.6 Å². The van der Waals surface area contributed by atoms with Crippen molar-refractivity contribution in [2.24, 2.45) is 16.6 Å². The van der Waals surface area contributed by atoms with Crippen LogP contribution >= 0.6 is 23.1 Å². The zero-order valence-electron chi connectivity index (χ0n) is 16.0. The minimum absolute atomic E-state index is 0.181. The molecule has 8 heteroatoms. The van der Waals surface area contributed by atoms with E-state index >= 15 is 0 Å². The van der Waals surface area contributed by atoms with Crippen LogP contribution < -0.4 is 5.73 Å². The fraction of sp³-hybridized carbons (Fsp3) is 0.429. The zero-order valence-corrected chi connectivity index (χ0v) is 18.5. The van der Waals surface area contributed by atoms with Gasteiger partial charge in [-0.2, -0.15) is 0 Å². The van der Waals surface area contributed by atoms with E-state index in [4.69, 9.17) is 10.7 Å². The molecule has 1 atom stereocenters. The first-order valence-electron chi connectivity index (χ1n) is 9.55. The Morgan fingerprint density at radius 1 is 1.21 bits per heavy atom. The van der Waals surface area contributed by atoms with Gasteiger partial charge in [0.2, 0.25) is 0 Å². The van der Waals surface area contributed by atoms with Crippen LogP contribution in [0, 0.1) is 17.8 Å². The van der Waals surface area contributed by atoms with Crippen LogP contribution in [0.15, 0.2) is 34.9 Å². The Labute approximate surface area is 179 Å². The van der Waals surface area contributed by atoms with E-state index < -0.39 is 15.4 Å². The monoisotopic (exact) mass is 443 g/mol. The highest BCUT2D eigenvalue weighted by molar-refractivity contribution is 8.17. The van der Waals surface area contributed by atoms with Gasteiger partial charge in [0, 0.05) is 34.3 Å². The van der Waals surface area contributed by atoms with E-state index in [2.05, 4.69) is 41.3 Å². The van der Waals surface area contributed by atoms with Crippen molar-refractivity contribution >= 4 is 38.1 Å². The van der Waals surface area contributed by atoms with Crippen LogP contribution in [0.3, 0.4) is 0 Å². The number of pyridine rings is 1. The van der Waals surface area contributed by atoms with Gasteiger partial charge >= 0.3 is 0 Å². The molecule has 0 bridgehead atoms. The molecule has 0 radical (unpaired) electrons. The SMILES string of the molecule is CC1(c2cc(-c3cncc(C#CC4CC4)c3)cs2)CC2(CS(=O)(=O)C2)SC(N)=N1. The summed E-state index contributed by atoms with van der Waals surface area (Å²) in [4.78, 5) is 10.2. The number of aliphatic imine (C=N–C) groups is 1. The fourth-order valence-electron chi connectivity index (χ4n) is 4.10. The molecule has 5 rings (SSSR count). The first-order valence-corrected chi connectivity index (χ1v) is 13.1. The quantitative estimate of drug-likeness (QED) is 0.719. The molecule has 3 aliphatic rings. The Morgan fingerprint density at radius 3 is 2.72 bits per heavy atom. The minimum Gasteiger partial charge on any atom is -0.378 e. The molecule has 1 spiro atoms. The molecular formula is C21H21N3O2S3. The second-order valence-corrected chi connectivity index (χ2v) is 12.9. The lowest BCUT2D eigenvalue weighted by atomic mass is 9.88. The van der Waals surface area contributed by atoms with E-state index in [-0.39, 0.29) is 16.3 Å². The molecule has 2 aromatic rings. The van der Waals surface area contributed by atoms with Crippen LogP contribution in [-0.4, -0.2) is 34.8 Å². The van der Waals surface area contributed by atoms with Crippen molar-refractivity contribution in [3.8, 4) is 23.0 Å². The molecule has 2 N–H and O–H groups in total. The molecule has 1 saturated carbocycles. The van der Waals surface area contributed by atoms with Gasteiger partial charge in [0.25, 0.3) is 0 Å². The number of nitrogens with two attached hydrogens (primary N) is 1. The number of nitrogens with zero attached hydrogens (tertiary/aromatic N) is 2. The molecule has 2 fully saturated rings. The topological polar surface area (TPSA) is 85.4 Å². The predicted octanol–water partition coefficient (Wildman–Crippen LogP) is 3.41. The van der Waals surface area contributed by atoms with Crippen LogP contribution in [-0.2, 0) is 15.4 Å². The Balaban J connectivity index is 1.43. The number of aromatic nitrogens is 1. The summed E-state index contributed by atoms with van der Waals surface area (Å²) in [5.41, 5.74) is 8.65. The van der Waals surface area contributed by atoms with E-state index in [9.17, 15) is 8.42 Å². The molecule has 0 amide bonds. The molecule has 2 aliphatic heterocycles. The number of sulfone groups is 1. The lowest BCUT2D eigenvalue weighted by Gasteiger charge is -2.47. The van der Waals surface area contributed by atoms with E-state index in [0.29, 0.717) is 17.5 Å². The number of hydrogen-bond donors (Lipinski definition) is 1. The van der Waals surface area contributed by atoms with Crippen molar-refractivity contribution in [3.05, 3.63) is 40.3 Å². The maximum atomic E-state index is 11.8. The van der Waals surface area contributed by atoms with Gasteiger partial charge in [0.15, 0.2) is 15.0 Å². The second-order valence-electron chi connectivity index (χ2n) is 8.42. The van der Waals surface area contributed by atoms with Crippen LogP contribution in [0.4, 0.5) is 0 Å². The van der Waals surface area contributed by atoms with E-state index in [1.165, 1.54) is 24.6 Å². The summed E-state index contributed by atoms with van der Waals surface area (Å²) in [5, 5.41) is 2.58. The molecule has 150 valence electrons. The predicted molar refractivity (Wildman–Crippen MR) is 120 cm³/mol. The first kappa shape index (κ1) is 19.2. The van der Waals surface area contributed by atoms with Crippen molar-refractivity contribution < 1.29 is 8.42 Å². The summed E-state index contributed by atoms with van der Waals surface area (Å²) < 4.78 is 23.3. The van der Waals surface area contributed by atoms with Crippen LogP contribution in [0.1, 0.15) is 36.6 Å². The third kappa shape index (κ3) is 3.83. The van der Waals surface area contributed by atoms with Gasteiger partial charge in [-0.25, -0.2) is 8.42 Å². The summed E-state index contributed by atoms with van der Waals surface area (Å²) in [6.07, 6.45) is 6.74. The van der Waals surface area contributed by atoms with Gasteiger partial charge in [-0.15, -0.1) is 11.3 Å². The highest BCUT2D eigenvalue weighted by atomic mass is 32.2. The van der Waals surface area contributed by atoms with Crippen molar-refractivity contribution in [1.82, 2.24) is 4.98 Å². The Hall–Kier alpha value is -1.82. The van der Waals surface area contributed by atoms with Gasteiger partial charge in [0.1, 0.15) is 0 Å². The van der Waals surface area contributed by atoms with E-state index in [1.807, 2.05) is 6.20 Å². The fourth-order valence-corrected chi connectivity index (χ4v) is 9.44. The standard InChI is InChI=1S/C21H21N3O2S3/c1-20(11-21(28-19(22)24-20)12-29(25,26)13-21)18-7-17(10-27-18)16-6-15(8-23-9-16)5-4-14-2-3-14/h6-10,14H,2-3,11-13H2,1H3,(H2,22,24). The number of thioether (sulfide) groups is 1. The minimum atomic E-state index is -2.94. The maximum Gasteiger partial charge on any atom is 0.155 e. The molecular weight excluding hydrogens is 422 g/mol. The van der Waals surface area contributed by atoms with Crippen molar-refractivity contribution in [1.29, 1.82) is 0 Å². The van der Waals surface area contributed by atoms with E-state index in [1.54, 1.807) is 17.5 Å². The van der Waals surface area contributed by atoms with Gasteiger partial charge in [0.05, 0.1) is 21.8 Å². The van der Waals surface area contributed by atoms with Crippen molar-refractivity contribution in [3.63, 3.8) is 0 Å². The van der Waals surface area contributed by atoms with Crippen LogP contribution in [0.5, 0.6) is 0 Å². The summed E-state index contributed by atoms with van der Waals surface area (Å²) in [6, 6.07) is 4.21. The first-order chi connectivity index (χ1) is 13.7. The lowest BCUT2D eigenvalue weighted by molar-refractivity contribution is 0.394. The van der Waals surface area contributed by atoms with Crippen molar-refractivity contribution in [2.45, 2.75) is 36.5 Å². The molecule has 1 unspecified atom stereocenters. The van der Waals surface area contributed by atoms with Gasteiger partial charge < -0.3 is 5.73 Å². The summed E-state index contributed by atoms with van der Waals surface area (Å²) >= 11 is 3.06. The zero-order chi connectivity index (χ0) is 20.3. The number of amidine groups is 1. The summed E-state index contributed by atoms with van der Waals surface area (Å²) in [5.74, 6) is 7.42. The molecule has 0 aromatic carbocycles. The van der Waals surface area contributed by atoms with Crippen LogP contribution in [0.2, 0.25) is 0 Å². The molecule has 1 saturated heterocycles. The maximum absolute atomic E-state index is 11.8. The molecule has 29 heavy (non-hydrogen) atoms. The van der Waals surface area contributed by atoms with Crippen molar-refractivity contribution in [2.75, 3.05) is 11.5 Å². The third-order valence-corrected chi connectivity index (χ3v) is 10.2. The average Bonchev–Trinajstić information content (AvgIpc) is 3.30. The molecule has 2 aromatic heterocycles. The Kier molecular flexibility index (Phi) is 4.36. The molecule has 5 nitrogen and oxygen atoms in total. The third-order valence-electron chi connectivity index (χ3n) is 5.51. The average molecular weight is 444 g/mol. The van der Waals surface area contributed by atoms with Gasteiger partial charge in [-0.3, -0.25) is 9.98 Å². The second kappa shape index (κ2) is 6.59. The van der Waals surface area contributed by atoms with E-state index in [0.717, 1.165) is 21.6 Å². The summed E-state index contributed by atoms with van der Waals surface area (Å²) in [6.45, 7) is 2.05. The highest BCUT2D eigenvalue weighted by Crippen LogP contribution is 2.52. The van der Waals surface area contributed by atoms with Gasteiger partial charge in [-0.05, 0) is 49.3 Å². The lowest BCUT2D eigenvalue weighted by Crippen LogP contribution is -2.57. The Bertz CT molecular complexity index is 1170. The largest absolute Gasteiger partial charge is 0.378 e. The normalized spacial score (nSPS) is 26.9. The molecule has 1 aliphatic carbocycles. The highest BCUT2D eigenvalue weighted by Gasteiger charge is 2.55. The summed E-state index contributed by atoms with van der Waals surface area (Å²) in [7, 11) is -2.94. The smallest absolute Gasteiger partial charge is 0.155 e. The number of hydrogen-bond acceptors (Lipinski definition) is 7. The number of thiophene rings is 1. The molecule has 4 heterocycles. The van der Waals surface area contributed by atoms with Crippen LogP contribution in [0.25, 0.3) is 11.1 Å². The number of rotatable bonds is 2. The Morgan fingerprint density at radius 2 is 2.00 bits per heavy atom.